The molecule has 0 fully saturated rings. The van der Waals surface area contributed by atoms with Crippen LogP contribution in [-0.2, 0) is 28.6 Å². The zero-order chi connectivity index (χ0) is 55.7. The van der Waals surface area contributed by atoms with Crippen molar-refractivity contribution in [3.8, 4) is 0 Å². The number of carbonyl (C=O) groups is 3. The molecule has 0 radical (unpaired) electrons. The summed E-state index contributed by atoms with van der Waals surface area (Å²) in [5.74, 6) is -0.991. The van der Waals surface area contributed by atoms with Gasteiger partial charge in [0.2, 0.25) is 0 Å². The second-order valence-electron chi connectivity index (χ2n) is 19.9. The molecular weight excluding hydrogens is 949 g/mol. The number of carbonyl (C=O) groups excluding carboxylic acids is 3. The first kappa shape index (κ1) is 72.0. The third-order valence-corrected chi connectivity index (χ3v) is 12.5. The molecule has 0 aromatic heterocycles. The summed E-state index contributed by atoms with van der Waals surface area (Å²) in [7, 11) is 0. The highest BCUT2D eigenvalue weighted by Gasteiger charge is 2.19. The Labute approximate surface area is 473 Å². The minimum atomic E-state index is -0.820. The van der Waals surface area contributed by atoms with Crippen molar-refractivity contribution in [3.63, 3.8) is 0 Å². The van der Waals surface area contributed by atoms with Gasteiger partial charge in [0, 0.05) is 19.3 Å². The van der Waals surface area contributed by atoms with Gasteiger partial charge in [0.05, 0.1) is 0 Å². The molecular formula is C71H112O6. The number of unbranched alkanes of at least 4 members (excludes halogenated alkanes) is 17. The van der Waals surface area contributed by atoms with Gasteiger partial charge in [-0.3, -0.25) is 14.4 Å². The molecule has 0 aromatic rings. The first-order valence-corrected chi connectivity index (χ1v) is 31.0. The Morgan fingerprint density at radius 1 is 0.273 bits per heavy atom. The van der Waals surface area contributed by atoms with Gasteiger partial charge >= 0.3 is 17.9 Å². The predicted octanol–water partition coefficient (Wildman–Crippen LogP) is 21.3. The van der Waals surface area contributed by atoms with Crippen LogP contribution in [0.2, 0.25) is 0 Å². The highest BCUT2D eigenvalue weighted by atomic mass is 16.6. The van der Waals surface area contributed by atoms with Crippen molar-refractivity contribution in [2.24, 2.45) is 0 Å². The summed E-state index contributed by atoms with van der Waals surface area (Å²) in [4.78, 5) is 38.2. The van der Waals surface area contributed by atoms with Gasteiger partial charge in [0.1, 0.15) is 13.2 Å². The molecule has 0 heterocycles. The first-order valence-electron chi connectivity index (χ1n) is 31.0. The van der Waals surface area contributed by atoms with Crippen LogP contribution >= 0.6 is 0 Å². The van der Waals surface area contributed by atoms with Crippen molar-refractivity contribution in [2.75, 3.05) is 13.2 Å². The maximum absolute atomic E-state index is 12.8. The molecule has 432 valence electrons. The minimum absolute atomic E-state index is 0.110. The average Bonchev–Trinajstić information content (AvgIpc) is 3.43. The number of allylic oxidation sites excluding steroid dienone is 26. The maximum atomic E-state index is 12.8. The minimum Gasteiger partial charge on any atom is -0.462 e. The summed E-state index contributed by atoms with van der Waals surface area (Å²) in [6, 6.07) is 0. The SMILES string of the molecule is CC/C=C\C/C=C\C/C=C\C/C=C\C/C=C\C/C=C\C/C=C\C/C=C\C/C=C\CCCCCC(=O)OCC(COC(=O)CCCCCCCCCCCCCCC)OC(=O)CCCC/C=C\C/C=C\C/C=C\C/C=C\CC. The molecule has 6 heteroatoms. The van der Waals surface area contributed by atoms with Crippen LogP contribution in [0.5, 0.6) is 0 Å². The molecule has 77 heavy (non-hydrogen) atoms. The van der Waals surface area contributed by atoms with Crippen LogP contribution in [0.25, 0.3) is 0 Å². The van der Waals surface area contributed by atoms with Gasteiger partial charge in [-0.25, -0.2) is 0 Å². The third-order valence-electron chi connectivity index (χ3n) is 12.5. The summed E-state index contributed by atoms with van der Waals surface area (Å²) in [5.41, 5.74) is 0. The van der Waals surface area contributed by atoms with Crippen LogP contribution < -0.4 is 0 Å². The van der Waals surface area contributed by atoms with Crippen molar-refractivity contribution in [1.29, 1.82) is 0 Å². The fourth-order valence-corrected chi connectivity index (χ4v) is 7.95. The number of hydrogen-bond acceptors (Lipinski definition) is 6. The monoisotopic (exact) mass is 1060 g/mol. The van der Waals surface area contributed by atoms with E-state index < -0.39 is 6.10 Å². The Morgan fingerprint density at radius 2 is 0.506 bits per heavy atom. The summed E-state index contributed by atoms with van der Waals surface area (Å²) < 4.78 is 16.8. The predicted molar refractivity (Wildman–Crippen MR) is 334 cm³/mol. The van der Waals surface area contributed by atoms with Crippen molar-refractivity contribution >= 4 is 17.9 Å². The second-order valence-corrected chi connectivity index (χ2v) is 19.9. The molecule has 0 amide bonds. The molecule has 0 aliphatic rings. The van der Waals surface area contributed by atoms with E-state index in [2.05, 4.69) is 179 Å². The van der Waals surface area contributed by atoms with E-state index in [1.54, 1.807) is 0 Å². The lowest BCUT2D eigenvalue weighted by atomic mass is 10.0. The van der Waals surface area contributed by atoms with Gasteiger partial charge < -0.3 is 14.2 Å². The highest BCUT2D eigenvalue weighted by Crippen LogP contribution is 2.14. The molecule has 1 atom stereocenters. The highest BCUT2D eigenvalue weighted by molar-refractivity contribution is 5.71. The van der Waals surface area contributed by atoms with E-state index in [-0.39, 0.29) is 37.5 Å². The van der Waals surface area contributed by atoms with Gasteiger partial charge in [-0.2, -0.15) is 0 Å². The number of hydrogen-bond donors (Lipinski definition) is 0. The zero-order valence-electron chi connectivity index (χ0n) is 49.4. The number of esters is 3. The normalized spacial score (nSPS) is 13.2. The first-order chi connectivity index (χ1) is 38.0. The lowest BCUT2D eigenvalue weighted by molar-refractivity contribution is -0.167. The Morgan fingerprint density at radius 3 is 0.818 bits per heavy atom. The zero-order valence-corrected chi connectivity index (χ0v) is 49.4. The number of rotatable bonds is 54. The summed E-state index contributed by atoms with van der Waals surface area (Å²) >= 11 is 0. The van der Waals surface area contributed by atoms with Gasteiger partial charge in [0.15, 0.2) is 6.10 Å². The van der Waals surface area contributed by atoms with Crippen molar-refractivity contribution in [3.05, 3.63) is 158 Å². The summed E-state index contributed by atoms with van der Waals surface area (Å²) in [5, 5.41) is 0. The second kappa shape index (κ2) is 63.6. The Balaban J connectivity index is 4.42. The smallest absolute Gasteiger partial charge is 0.306 e. The molecule has 0 saturated carbocycles. The third kappa shape index (κ3) is 61.8. The van der Waals surface area contributed by atoms with E-state index in [0.29, 0.717) is 19.3 Å². The van der Waals surface area contributed by atoms with Gasteiger partial charge in [-0.15, -0.1) is 0 Å². The topological polar surface area (TPSA) is 78.9 Å². The van der Waals surface area contributed by atoms with Gasteiger partial charge in [-0.05, 0) is 128 Å². The molecule has 0 saturated heterocycles. The molecule has 0 rings (SSSR count). The molecule has 0 aliphatic heterocycles. The fraction of sp³-hybridized carbons (Fsp3) is 0.592. The van der Waals surface area contributed by atoms with Crippen molar-refractivity contribution < 1.29 is 28.6 Å². The molecule has 0 aromatic carbocycles. The van der Waals surface area contributed by atoms with E-state index in [4.69, 9.17) is 14.2 Å². The lowest BCUT2D eigenvalue weighted by Crippen LogP contribution is -2.30. The van der Waals surface area contributed by atoms with Crippen LogP contribution in [0.15, 0.2) is 158 Å². The van der Waals surface area contributed by atoms with Crippen molar-refractivity contribution in [1.82, 2.24) is 0 Å². The van der Waals surface area contributed by atoms with Gasteiger partial charge in [-0.1, -0.05) is 262 Å². The molecule has 0 N–H and O–H groups in total. The Bertz CT molecular complexity index is 1740. The van der Waals surface area contributed by atoms with E-state index in [9.17, 15) is 14.4 Å². The molecule has 6 nitrogen and oxygen atoms in total. The van der Waals surface area contributed by atoms with Crippen LogP contribution in [0, 0.1) is 0 Å². The maximum Gasteiger partial charge on any atom is 0.306 e. The van der Waals surface area contributed by atoms with Crippen LogP contribution in [-0.4, -0.2) is 37.2 Å². The van der Waals surface area contributed by atoms with Crippen molar-refractivity contribution in [2.45, 2.75) is 258 Å². The van der Waals surface area contributed by atoms with E-state index in [1.807, 2.05) is 0 Å². The van der Waals surface area contributed by atoms with Crippen LogP contribution in [0.1, 0.15) is 252 Å². The number of ether oxygens (including phenoxy) is 3. The lowest BCUT2D eigenvalue weighted by Gasteiger charge is -2.18. The quantitative estimate of drug-likeness (QED) is 0.0261. The van der Waals surface area contributed by atoms with Gasteiger partial charge in [0.25, 0.3) is 0 Å². The Hall–Kier alpha value is -4.97. The largest absolute Gasteiger partial charge is 0.462 e. The molecule has 1 unspecified atom stereocenters. The molecule has 0 aliphatic carbocycles. The van der Waals surface area contributed by atoms with E-state index in [1.165, 1.54) is 64.2 Å². The standard InChI is InChI=1S/C71H112O6/c1-4-7-10-13-16-19-22-25-27-28-29-30-31-32-33-34-35-36-37-38-39-40-41-42-44-46-49-52-55-58-61-64-70(73)76-67-68(66-75-69(72)63-60-57-54-51-48-45-24-21-18-15-12-9-6-3)77-71(74)65-62-59-56-53-50-47-43-26-23-20-17-14-11-8-5-2/h7-8,10-11,16-17,19-20,25-27,29-30,32-33,35-36,38-39,41-43,46,49-50,53,68H,4-6,9,12-15,18,21-24,28,31,34,37,40,44-45,47-48,51-52,54-67H2,1-3H3/b10-7-,11-8-,19-16-,20-17-,27-25-,30-29-,33-32-,36-35-,39-38-,42-41-,43-26-,49-46-,53-50-. The van der Waals surface area contributed by atoms with Crippen LogP contribution in [0.3, 0.4) is 0 Å². The van der Waals surface area contributed by atoms with E-state index >= 15 is 0 Å². The average molecular weight is 1060 g/mol. The molecule has 0 bridgehead atoms. The summed E-state index contributed by atoms with van der Waals surface area (Å²) in [6.07, 6.45) is 92.5. The van der Waals surface area contributed by atoms with Crippen LogP contribution in [0.4, 0.5) is 0 Å². The molecule has 0 spiro atoms. The summed E-state index contributed by atoms with van der Waals surface area (Å²) in [6.45, 7) is 6.34. The van der Waals surface area contributed by atoms with E-state index in [0.717, 1.165) is 141 Å². The fourth-order valence-electron chi connectivity index (χ4n) is 7.95. The Kier molecular flexibility index (Phi) is 59.5.